The minimum Gasteiger partial charge on any atom is -0.488 e. The second-order valence-corrected chi connectivity index (χ2v) is 11.0. The molecule has 0 aliphatic carbocycles. The van der Waals surface area contributed by atoms with Crippen molar-refractivity contribution in [3.63, 3.8) is 0 Å². The lowest BCUT2D eigenvalue weighted by Gasteiger charge is -2.12. The van der Waals surface area contributed by atoms with E-state index in [-0.39, 0.29) is 24.3 Å². The van der Waals surface area contributed by atoms with Crippen molar-refractivity contribution in [2.45, 2.75) is 13.2 Å². The second-order valence-electron chi connectivity index (χ2n) is 7.11. The first kappa shape index (κ1) is 24.6. The third kappa shape index (κ3) is 6.14. The van der Waals surface area contributed by atoms with Crippen molar-refractivity contribution >= 4 is 90.7 Å². The molecule has 0 radical (unpaired) electrons. The summed E-state index contributed by atoms with van der Waals surface area (Å²) in [6, 6.07) is 18.5. The van der Waals surface area contributed by atoms with Crippen molar-refractivity contribution in [2.24, 2.45) is 0 Å². The van der Waals surface area contributed by atoms with E-state index in [1.165, 1.54) is 4.90 Å². The van der Waals surface area contributed by atoms with Gasteiger partial charge in [-0.25, -0.2) is 0 Å². The van der Waals surface area contributed by atoms with Gasteiger partial charge in [-0.15, -0.1) is 0 Å². The molecule has 168 valence electrons. The Morgan fingerprint density at radius 1 is 1.03 bits per heavy atom. The summed E-state index contributed by atoms with van der Waals surface area (Å²) in [5.74, 6) is 0.336. The zero-order valence-corrected chi connectivity index (χ0v) is 22.9. The van der Waals surface area contributed by atoms with Gasteiger partial charge < -0.3 is 4.74 Å². The maximum atomic E-state index is 12.8. The largest absolute Gasteiger partial charge is 0.488 e. The van der Waals surface area contributed by atoms with E-state index in [0.717, 1.165) is 36.5 Å². The van der Waals surface area contributed by atoms with E-state index < -0.39 is 0 Å². The molecule has 0 aromatic heterocycles. The average Bonchev–Trinajstić information content (AvgIpc) is 3.03. The minimum absolute atomic E-state index is 0.253. The molecule has 4 nitrogen and oxygen atoms in total. The molecule has 2 amide bonds. The van der Waals surface area contributed by atoms with Gasteiger partial charge in [0.15, 0.2) is 0 Å². The van der Waals surface area contributed by atoms with Gasteiger partial charge in [-0.2, -0.15) is 0 Å². The van der Waals surface area contributed by atoms with Crippen LogP contribution in [0, 0.1) is 3.57 Å². The highest BCUT2D eigenvalue weighted by Gasteiger charge is 2.35. The maximum absolute atomic E-state index is 12.8. The predicted molar refractivity (Wildman–Crippen MR) is 146 cm³/mol. The van der Waals surface area contributed by atoms with E-state index in [1.807, 2.05) is 42.5 Å². The third-order valence-corrected chi connectivity index (χ3v) is 7.61. The van der Waals surface area contributed by atoms with Crippen LogP contribution in [0.5, 0.6) is 5.75 Å². The van der Waals surface area contributed by atoms with Gasteiger partial charge in [0, 0.05) is 19.2 Å². The zero-order valence-electron chi connectivity index (χ0n) is 16.9. The number of nitrogens with zero attached hydrogens (tertiary/aromatic N) is 1. The molecule has 0 atom stereocenters. The number of amides is 2. The molecule has 4 rings (SSSR count). The van der Waals surface area contributed by atoms with E-state index >= 15 is 0 Å². The van der Waals surface area contributed by atoms with E-state index in [2.05, 4.69) is 38.5 Å². The standard InChI is InChI=1S/C24H15BrCl2INO3S/c25-19-9-15(3-8-21(19)32-13-16-4-5-17(26)11-20(16)27)10-22-23(30)29(24(31)33-22)12-14-1-6-18(28)7-2-14/h1-11H,12-13H2/b22-10-. The van der Waals surface area contributed by atoms with Crippen molar-refractivity contribution in [2.75, 3.05) is 0 Å². The van der Waals surface area contributed by atoms with Gasteiger partial charge in [-0.3, -0.25) is 14.5 Å². The molecule has 0 saturated carbocycles. The van der Waals surface area contributed by atoms with Crippen molar-refractivity contribution in [3.8, 4) is 5.75 Å². The van der Waals surface area contributed by atoms with E-state index in [1.54, 1.807) is 24.3 Å². The molecule has 1 aliphatic rings. The Bertz CT molecular complexity index is 1270. The van der Waals surface area contributed by atoms with Crippen LogP contribution >= 0.6 is 73.5 Å². The van der Waals surface area contributed by atoms with Crippen molar-refractivity contribution in [1.29, 1.82) is 0 Å². The number of carbonyl (C=O) groups excluding carboxylic acids is 2. The van der Waals surface area contributed by atoms with Crippen molar-refractivity contribution in [1.82, 2.24) is 4.90 Å². The van der Waals surface area contributed by atoms with Gasteiger partial charge in [0.25, 0.3) is 11.1 Å². The Hall–Kier alpha value is -1.52. The zero-order chi connectivity index (χ0) is 23.5. The Labute approximate surface area is 227 Å². The van der Waals surface area contributed by atoms with Crippen LogP contribution in [0.1, 0.15) is 16.7 Å². The number of hydrogen-bond donors (Lipinski definition) is 0. The van der Waals surface area contributed by atoms with Gasteiger partial charge in [-0.05, 0) is 104 Å². The SMILES string of the molecule is O=C1S/C(=C\c2ccc(OCc3ccc(Cl)cc3Cl)c(Br)c2)C(=O)N1Cc1ccc(I)cc1. The van der Waals surface area contributed by atoms with Gasteiger partial charge in [0.1, 0.15) is 12.4 Å². The summed E-state index contributed by atoms with van der Waals surface area (Å²) in [5, 5.41) is 0.831. The molecule has 0 bridgehead atoms. The lowest BCUT2D eigenvalue weighted by atomic mass is 10.2. The summed E-state index contributed by atoms with van der Waals surface area (Å²) in [6.45, 7) is 0.536. The highest BCUT2D eigenvalue weighted by atomic mass is 127. The Morgan fingerprint density at radius 3 is 2.48 bits per heavy atom. The summed E-state index contributed by atoms with van der Waals surface area (Å²) < 4.78 is 7.69. The lowest BCUT2D eigenvalue weighted by molar-refractivity contribution is -0.123. The van der Waals surface area contributed by atoms with Crippen LogP contribution in [-0.4, -0.2) is 16.0 Å². The topological polar surface area (TPSA) is 46.6 Å². The number of imide groups is 1. The van der Waals surface area contributed by atoms with Crippen molar-refractivity contribution < 1.29 is 14.3 Å². The fourth-order valence-electron chi connectivity index (χ4n) is 3.08. The number of carbonyl (C=O) groups is 2. The first-order valence-electron chi connectivity index (χ1n) is 9.66. The predicted octanol–water partition coefficient (Wildman–Crippen LogP) is 8.18. The second kappa shape index (κ2) is 10.8. The average molecular weight is 675 g/mol. The molecule has 1 fully saturated rings. The molecule has 9 heteroatoms. The molecule has 0 unspecified atom stereocenters. The first-order valence-corrected chi connectivity index (χ1v) is 13.1. The molecule has 0 N–H and O–H groups in total. The van der Waals surface area contributed by atoms with Gasteiger partial charge in [0.05, 0.1) is 15.9 Å². The van der Waals surface area contributed by atoms with Gasteiger partial charge in [-0.1, -0.05) is 47.5 Å². The van der Waals surface area contributed by atoms with Crippen LogP contribution in [0.3, 0.4) is 0 Å². The quantitative estimate of drug-likeness (QED) is 0.196. The monoisotopic (exact) mass is 673 g/mol. The molecule has 0 spiro atoms. The fraction of sp³-hybridized carbons (Fsp3) is 0.0833. The summed E-state index contributed by atoms with van der Waals surface area (Å²) in [4.78, 5) is 26.9. The van der Waals surface area contributed by atoms with Gasteiger partial charge >= 0.3 is 0 Å². The smallest absolute Gasteiger partial charge is 0.293 e. The van der Waals surface area contributed by atoms with Crippen molar-refractivity contribution in [3.05, 3.63) is 100 Å². The number of hydrogen-bond acceptors (Lipinski definition) is 4. The number of thioether (sulfide) groups is 1. The summed E-state index contributed by atoms with van der Waals surface area (Å²) in [5.41, 5.74) is 2.50. The summed E-state index contributed by atoms with van der Waals surface area (Å²) in [6.07, 6.45) is 1.71. The normalized spacial score (nSPS) is 14.9. The highest BCUT2D eigenvalue weighted by Crippen LogP contribution is 2.35. The number of ether oxygens (including phenoxy) is 1. The Kier molecular flexibility index (Phi) is 8.07. The van der Waals surface area contributed by atoms with E-state index in [4.69, 9.17) is 27.9 Å². The molecular weight excluding hydrogens is 660 g/mol. The Balaban J connectivity index is 1.45. The first-order chi connectivity index (χ1) is 15.8. The summed E-state index contributed by atoms with van der Waals surface area (Å²) >= 11 is 18.8. The number of halogens is 4. The molecule has 3 aromatic rings. The molecule has 1 heterocycles. The summed E-state index contributed by atoms with van der Waals surface area (Å²) in [7, 11) is 0. The fourth-order valence-corrected chi connectivity index (χ4v) is 5.25. The number of rotatable bonds is 6. The molecule has 33 heavy (non-hydrogen) atoms. The van der Waals surface area contributed by atoms with E-state index in [0.29, 0.717) is 20.7 Å². The van der Waals surface area contributed by atoms with Crippen LogP contribution in [-0.2, 0) is 17.9 Å². The Morgan fingerprint density at radius 2 is 1.79 bits per heavy atom. The van der Waals surface area contributed by atoms with E-state index in [9.17, 15) is 9.59 Å². The molecule has 1 saturated heterocycles. The molecule has 3 aromatic carbocycles. The number of benzene rings is 3. The third-order valence-electron chi connectivity index (χ3n) is 4.78. The van der Waals surface area contributed by atoms with Crippen LogP contribution < -0.4 is 4.74 Å². The molecular formula is C24H15BrCl2INO3S. The van der Waals surface area contributed by atoms with Crippen LogP contribution in [0.15, 0.2) is 70.0 Å². The molecule has 1 aliphatic heterocycles. The van der Waals surface area contributed by atoms with Crippen LogP contribution in [0.2, 0.25) is 10.0 Å². The van der Waals surface area contributed by atoms with Crippen LogP contribution in [0.4, 0.5) is 4.79 Å². The van der Waals surface area contributed by atoms with Gasteiger partial charge in [0.2, 0.25) is 0 Å². The lowest BCUT2D eigenvalue weighted by Crippen LogP contribution is -2.27. The van der Waals surface area contributed by atoms with Crippen LogP contribution in [0.25, 0.3) is 6.08 Å². The maximum Gasteiger partial charge on any atom is 0.293 e. The minimum atomic E-state index is -0.294. The highest BCUT2D eigenvalue weighted by molar-refractivity contribution is 14.1.